The van der Waals surface area contributed by atoms with Crippen molar-refractivity contribution in [1.29, 1.82) is 0 Å². The first kappa shape index (κ1) is 23.8. The highest BCUT2D eigenvalue weighted by atomic mass is 79.9. The molecule has 3 nitrogen and oxygen atoms in total. The molecule has 1 N–H and O–H groups in total. The minimum absolute atomic E-state index is 0.00858. The van der Waals surface area contributed by atoms with Crippen LogP contribution in [0.2, 0.25) is 0 Å². The number of rotatable bonds is 5. The van der Waals surface area contributed by atoms with Crippen molar-refractivity contribution in [2.45, 2.75) is 75.8 Å². The van der Waals surface area contributed by atoms with Crippen LogP contribution in [0.15, 0.2) is 48.5 Å². The lowest BCUT2D eigenvalue weighted by Gasteiger charge is -2.41. The number of alkyl halides is 1. The third-order valence-electron chi connectivity index (χ3n) is 8.28. The fraction of sp³-hybridized carbons (Fsp3) is 0.500. The fourth-order valence-electron chi connectivity index (χ4n) is 6.44. The van der Waals surface area contributed by atoms with Gasteiger partial charge in [0.2, 0.25) is 0 Å². The largest absolute Gasteiger partial charge is 0.479 e. The van der Waals surface area contributed by atoms with Crippen LogP contribution in [0.5, 0.6) is 0 Å². The summed E-state index contributed by atoms with van der Waals surface area (Å²) in [5, 5.41) is 15.2. The molecule has 6 atom stereocenters. The summed E-state index contributed by atoms with van der Waals surface area (Å²) in [5.74, 6) is 0.390. The van der Waals surface area contributed by atoms with E-state index < -0.39 is 12.1 Å². The van der Waals surface area contributed by atoms with E-state index >= 15 is 0 Å². The zero-order valence-corrected chi connectivity index (χ0v) is 21.9. The Hall–Kier alpha value is -1.91. The van der Waals surface area contributed by atoms with Gasteiger partial charge in [-0.2, -0.15) is 0 Å². The predicted octanol–water partition coefficient (Wildman–Crippen LogP) is 7.72. The lowest BCUT2D eigenvalue weighted by Crippen LogP contribution is -2.44. The van der Waals surface area contributed by atoms with Gasteiger partial charge in [-0.1, -0.05) is 79.5 Å². The van der Waals surface area contributed by atoms with Gasteiger partial charge in [0.25, 0.3) is 0 Å². The van der Waals surface area contributed by atoms with Crippen LogP contribution >= 0.6 is 15.9 Å². The number of halogens is 1. The van der Waals surface area contributed by atoms with Crippen molar-refractivity contribution in [2.75, 3.05) is 0 Å². The molecule has 2 aliphatic rings. The average molecular weight is 524 g/mol. The molecule has 3 aromatic carbocycles. The van der Waals surface area contributed by atoms with Crippen LogP contribution in [0.1, 0.15) is 63.5 Å². The molecule has 0 aliphatic heterocycles. The van der Waals surface area contributed by atoms with E-state index in [4.69, 9.17) is 4.74 Å². The van der Waals surface area contributed by atoms with E-state index in [1.165, 1.54) is 28.1 Å². The highest BCUT2D eigenvalue weighted by molar-refractivity contribution is 9.09. The summed E-state index contributed by atoms with van der Waals surface area (Å²) >= 11 is 3.91. The number of fused-ring (bicyclic) bond motifs is 4. The number of aliphatic carboxylic acids is 1. The van der Waals surface area contributed by atoms with Gasteiger partial charge in [0.1, 0.15) is 0 Å². The Balaban J connectivity index is 1.61. The third-order valence-corrected chi connectivity index (χ3v) is 9.31. The zero-order chi connectivity index (χ0) is 24.0. The van der Waals surface area contributed by atoms with Crippen molar-refractivity contribution in [3.63, 3.8) is 0 Å². The van der Waals surface area contributed by atoms with Gasteiger partial charge >= 0.3 is 5.97 Å². The van der Waals surface area contributed by atoms with Crippen molar-refractivity contribution >= 4 is 43.4 Å². The number of hydrogen-bond donors (Lipinski definition) is 1. The minimum atomic E-state index is -0.864. The van der Waals surface area contributed by atoms with E-state index in [1.54, 1.807) is 0 Å². The Morgan fingerprint density at radius 2 is 1.76 bits per heavy atom. The molecule has 0 spiro atoms. The number of carboxylic acids is 1. The molecule has 1 fully saturated rings. The highest BCUT2D eigenvalue weighted by Gasteiger charge is 2.43. The fourth-order valence-corrected chi connectivity index (χ4v) is 7.22. The van der Waals surface area contributed by atoms with Crippen LogP contribution in [0, 0.1) is 17.8 Å². The van der Waals surface area contributed by atoms with Crippen LogP contribution in [-0.2, 0) is 16.0 Å². The normalized spacial score (nSPS) is 28.2. The second kappa shape index (κ2) is 9.62. The molecule has 34 heavy (non-hydrogen) atoms. The smallest absolute Gasteiger partial charge is 0.333 e. The van der Waals surface area contributed by atoms with E-state index in [-0.39, 0.29) is 16.8 Å². The van der Waals surface area contributed by atoms with Crippen LogP contribution in [0.4, 0.5) is 0 Å². The van der Waals surface area contributed by atoms with E-state index in [0.717, 1.165) is 36.6 Å². The number of carbonyl (C=O) groups is 1. The van der Waals surface area contributed by atoms with Crippen molar-refractivity contribution < 1.29 is 14.6 Å². The lowest BCUT2D eigenvalue weighted by molar-refractivity contribution is -0.163. The monoisotopic (exact) mass is 522 g/mol. The Morgan fingerprint density at radius 1 is 1.03 bits per heavy atom. The quantitative estimate of drug-likeness (QED) is 0.275. The topological polar surface area (TPSA) is 46.5 Å². The second-order valence-electron chi connectivity index (χ2n) is 10.9. The SMILES string of the molecule is CC(C)[C@H]1CC[C@H](C)C[C@@H]1OC(C(=O)O)C1c2c(ccc3cc4ccccc4cc23)CCC1Br. The number of carboxylic acid groups (broad SMARTS) is 1. The van der Waals surface area contributed by atoms with Gasteiger partial charge in [0.05, 0.1) is 6.10 Å². The summed E-state index contributed by atoms with van der Waals surface area (Å²) in [6.07, 6.45) is 4.25. The summed E-state index contributed by atoms with van der Waals surface area (Å²) in [6.45, 7) is 6.76. The first-order valence-corrected chi connectivity index (χ1v) is 13.7. The van der Waals surface area contributed by atoms with Gasteiger partial charge in [0, 0.05) is 10.7 Å². The van der Waals surface area contributed by atoms with Crippen molar-refractivity contribution in [3.05, 3.63) is 59.7 Å². The van der Waals surface area contributed by atoms with Crippen LogP contribution in [-0.4, -0.2) is 28.1 Å². The van der Waals surface area contributed by atoms with Gasteiger partial charge < -0.3 is 9.84 Å². The van der Waals surface area contributed by atoms with Gasteiger partial charge in [-0.15, -0.1) is 0 Å². The van der Waals surface area contributed by atoms with Gasteiger partial charge in [-0.3, -0.25) is 0 Å². The maximum absolute atomic E-state index is 12.8. The van der Waals surface area contributed by atoms with Gasteiger partial charge in [-0.25, -0.2) is 4.79 Å². The van der Waals surface area contributed by atoms with E-state index in [2.05, 4.69) is 85.2 Å². The van der Waals surface area contributed by atoms with Crippen LogP contribution in [0.25, 0.3) is 21.5 Å². The second-order valence-corrected chi connectivity index (χ2v) is 12.1. The molecule has 1 saturated carbocycles. The third kappa shape index (κ3) is 4.40. The molecule has 0 radical (unpaired) electrons. The maximum Gasteiger partial charge on any atom is 0.333 e. The molecule has 0 amide bonds. The number of benzene rings is 3. The Labute approximate surface area is 211 Å². The van der Waals surface area contributed by atoms with E-state index in [0.29, 0.717) is 17.8 Å². The Kier molecular flexibility index (Phi) is 6.74. The van der Waals surface area contributed by atoms with Crippen LogP contribution < -0.4 is 0 Å². The molecule has 0 heterocycles. The molecule has 0 bridgehead atoms. The molecule has 180 valence electrons. The molecule has 3 aromatic rings. The molecule has 5 rings (SSSR count). The zero-order valence-electron chi connectivity index (χ0n) is 20.3. The predicted molar refractivity (Wildman–Crippen MR) is 143 cm³/mol. The molecular weight excluding hydrogens is 488 g/mol. The van der Waals surface area contributed by atoms with Crippen molar-refractivity contribution in [3.8, 4) is 0 Å². The molecule has 0 aromatic heterocycles. The lowest BCUT2D eigenvalue weighted by atomic mass is 9.74. The number of aryl methyl sites for hydroxylation is 1. The maximum atomic E-state index is 12.8. The standard InChI is InChI=1S/C30H35BrO3/c1-17(2)23-12-8-18(3)14-26(23)34-29(30(32)33)28-25(31)13-11-19-9-10-22-15-20-6-4-5-7-21(20)16-24(22)27(19)28/h4-7,9-10,15-18,23,25-26,28-29H,8,11-14H2,1-3H3,(H,32,33)/t18-,23+,25?,26-,28?,29?/m0/s1. The molecule has 0 saturated heterocycles. The summed E-state index contributed by atoms with van der Waals surface area (Å²) in [4.78, 5) is 12.9. The summed E-state index contributed by atoms with van der Waals surface area (Å²) in [7, 11) is 0. The van der Waals surface area contributed by atoms with Gasteiger partial charge in [-0.05, 0) is 88.2 Å². The molecular formula is C30H35BrO3. The minimum Gasteiger partial charge on any atom is -0.479 e. The number of hydrogen-bond acceptors (Lipinski definition) is 2. The first-order valence-electron chi connectivity index (χ1n) is 12.8. The van der Waals surface area contributed by atoms with Gasteiger partial charge in [0.15, 0.2) is 6.10 Å². The average Bonchev–Trinajstić information content (AvgIpc) is 2.81. The van der Waals surface area contributed by atoms with E-state index in [1.807, 2.05) is 0 Å². The molecule has 4 heteroatoms. The summed E-state index contributed by atoms with van der Waals surface area (Å²) < 4.78 is 6.67. The van der Waals surface area contributed by atoms with Crippen molar-refractivity contribution in [1.82, 2.24) is 0 Å². The summed E-state index contributed by atoms with van der Waals surface area (Å²) in [6, 6.07) is 17.3. The molecule has 2 aliphatic carbocycles. The summed E-state index contributed by atoms with van der Waals surface area (Å²) in [5.41, 5.74) is 2.42. The first-order chi connectivity index (χ1) is 16.3. The number of ether oxygens (including phenoxy) is 1. The Morgan fingerprint density at radius 3 is 2.47 bits per heavy atom. The van der Waals surface area contributed by atoms with Crippen LogP contribution in [0.3, 0.4) is 0 Å². The Bertz CT molecular complexity index is 1200. The van der Waals surface area contributed by atoms with E-state index in [9.17, 15) is 9.90 Å². The highest BCUT2D eigenvalue weighted by Crippen LogP contribution is 2.45. The van der Waals surface area contributed by atoms with Crippen molar-refractivity contribution in [2.24, 2.45) is 17.8 Å². The molecule has 3 unspecified atom stereocenters.